The standard InChI is InChI=1S/C42H45N3O5/c1-28-38(26-45(3)29(2)39(47)32-10-5-4-6-11-32)49-42(50-40(28)33-17-15-30(27-46)16-18-33)34-21-19-31(20-22-34)37-14-8-7-12-35(37)25-44-41(48)36-13-9-23-43-24-36/h4-24,28-29,38-40,42,46-47H,25-27H2,1-3H3,(H,44,48)/t28-,29+,38+,39+,40+,42+/m0/s1. The smallest absolute Gasteiger partial charge is 0.253 e. The number of benzene rings is 4. The van der Waals surface area contributed by atoms with Crippen LogP contribution in [-0.2, 0) is 22.6 Å². The van der Waals surface area contributed by atoms with Crippen molar-refractivity contribution in [3.8, 4) is 11.1 Å². The van der Waals surface area contributed by atoms with Crippen molar-refractivity contribution < 1.29 is 24.5 Å². The third-order valence-corrected chi connectivity index (χ3v) is 9.76. The van der Waals surface area contributed by atoms with Gasteiger partial charge in [0, 0.05) is 43.0 Å². The van der Waals surface area contributed by atoms with Gasteiger partial charge in [0.2, 0.25) is 0 Å². The molecular weight excluding hydrogens is 626 g/mol. The molecule has 0 saturated carbocycles. The molecule has 0 unspecified atom stereocenters. The van der Waals surface area contributed by atoms with E-state index in [1.54, 1.807) is 24.5 Å². The highest BCUT2D eigenvalue weighted by Crippen LogP contribution is 2.42. The number of aliphatic hydroxyl groups excluding tert-OH is 2. The van der Waals surface area contributed by atoms with Crippen LogP contribution in [-0.4, -0.2) is 51.7 Å². The van der Waals surface area contributed by atoms with Gasteiger partial charge in [-0.1, -0.05) is 110 Å². The Kier molecular flexibility index (Phi) is 11.5. The molecule has 4 aromatic carbocycles. The van der Waals surface area contributed by atoms with Crippen molar-refractivity contribution >= 4 is 5.91 Å². The van der Waals surface area contributed by atoms with Gasteiger partial charge in [-0.05, 0) is 59.5 Å². The number of aromatic nitrogens is 1. The van der Waals surface area contributed by atoms with E-state index in [9.17, 15) is 15.0 Å². The predicted molar refractivity (Wildman–Crippen MR) is 194 cm³/mol. The Labute approximate surface area is 294 Å². The van der Waals surface area contributed by atoms with E-state index in [4.69, 9.17) is 9.47 Å². The molecule has 3 N–H and O–H groups in total. The van der Waals surface area contributed by atoms with Crippen LogP contribution in [0.5, 0.6) is 0 Å². The van der Waals surface area contributed by atoms with Crippen molar-refractivity contribution in [2.45, 2.75) is 57.6 Å². The monoisotopic (exact) mass is 671 g/mol. The fourth-order valence-corrected chi connectivity index (χ4v) is 6.50. The van der Waals surface area contributed by atoms with Crippen LogP contribution in [0.2, 0.25) is 0 Å². The fourth-order valence-electron chi connectivity index (χ4n) is 6.50. The molecule has 8 nitrogen and oxygen atoms in total. The SMILES string of the molecule is C[C@H]1[C@@H](CN(C)[C@H](C)[C@@H](O)c2ccccc2)O[C@@H](c2ccc(-c3ccccc3CNC(=O)c3cccnc3)cc2)O[C@H]1c1ccc(CO)cc1. The lowest BCUT2D eigenvalue weighted by molar-refractivity contribution is -0.276. The van der Waals surface area contributed by atoms with E-state index in [0.717, 1.165) is 38.9 Å². The minimum Gasteiger partial charge on any atom is -0.392 e. The molecule has 8 heteroatoms. The van der Waals surface area contributed by atoms with E-state index in [-0.39, 0.29) is 36.7 Å². The number of nitrogens with one attached hydrogen (secondary N) is 1. The van der Waals surface area contributed by atoms with Crippen molar-refractivity contribution in [3.05, 3.63) is 161 Å². The number of likely N-dealkylation sites (N-methyl/N-ethyl adjacent to an activating group) is 1. The minimum absolute atomic E-state index is 0.00257. The van der Waals surface area contributed by atoms with Crippen LogP contribution >= 0.6 is 0 Å². The summed E-state index contributed by atoms with van der Waals surface area (Å²) in [5.74, 6) is -0.170. The number of nitrogens with zero attached hydrogens (tertiary/aromatic N) is 2. The summed E-state index contributed by atoms with van der Waals surface area (Å²) < 4.78 is 13.4. The van der Waals surface area contributed by atoms with Crippen LogP contribution in [0.3, 0.4) is 0 Å². The minimum atomic E-state index is -0.645. The Morgan fingerprint density at radius 3 is 2.28 bits per heavy atom. The van der Waals surface area contributed by atoms with Gasteiger partial charge in [0.15, 0.2) is 6.29 Å². The first-order chi connectivity index (χ1) is 24.3. The molecule has 1 aliphatic rings. The summed E-state index contributed by atoms with van der Waals surface area (Å²) in [6.07, 6.45) is 1.49. The first-order valence-electron chi connectivity index (χ1n) is 17.1. The predicted octanol–water partition coefficient (Wildman–Crippen LogP) is 7.02. The topological polar surface area (TPSA) is 104 Å². The number of amides is 1. The summed E-state index contributed by atoms with van der Waals surface area (Å²) in [4.78, 5) is 18.9. The maximum Gasteiger partial charge on any atom is 0.253 e. The maximum atomic E-state index is 12.7. The normalized spacial score (nSPS) is 20.3. The molecule has 0 aliphatic carbocycles. The molecule has 1 saturated heterocycles. The maximum absolute atomic E-state index is 12.7. The molecule has 5 aromatic rings. The van der Waals surface area contributed by atoms with Crippen LogP contribution in [0.4, 0.5) is 0 Å². The molecular formula is C42H45N3O5. The molecule has 1 aliphatic heterocycles. The third kappa shape index (κ3) is 8.18. The Morgan fingerprint density at radius 2 is 1.58 bits per heavy atom. The van der Waals surface area contributed by atoms with Crippen molar-refractivity contribution in [3.63, 3.8) is 0 Å². The van der Waals surface area contributed by atoms with Crippen LogP contribution in [0.15, 0.2) is 128 Å². The van der Waals surface area contributed by atoms with Gasteiger partial charge >= 0.3 is 0 Å². The third-order valence-electron chi connectivity index (χ3n) is 9.76. The molecule has 6 atom stereocenters. The van der Waals surface area contributed by atoms with E-state index in [0.29, 0.717) is 18.7 Å². The number of hydrogen-bond acceptors (Lipinski definition) is 7. The Morgan fingerprint density at radius 1 is 0.880 bits per heavy atom. The van der Waals surface area contributed by atoms with Gasteiger partial charge in [0.25, 0.3) is 5.91 Å². The summed E-state index contributed by atoms with van der Waals surface area (Å²) >= 11 is 0. The Balaban J connectivity index is 1.21. The van der Waals surface area contributed by atoms with Gasteiger partial charge in [-0.2, -0.15) is 0 Å². The molecule has 6 rings (SSSR count). The van der Waals surface area contributed by atoms with E-state index in [1.807, 2.05) is 98.9 Å². The van der Waals surface area contributed by atoms with Crippen molar-refractivity contribution in [2.75, 3.05) is 13.6 Å². The highest BCUT2D eigenvalue weighted by molar-refractivity contribution is 5.93. The van der Waals surface area contributed by atoms with Crippen LogP contribution in [0.25, 0.3) is 11.1 Å². The second kappa shape index (κ2) is 16.3. The van der Waals surface area contributed by atoms with Gasteiger partial charge in [0.1, 0.15) is 0 Å². The number of hydrogen-bond donors (Lipinski definition) is 3. The number of ether oxygens (including phenoxy) is 2. The van der Waals surface area contributed by atoms with Crippen molar-refractivity contribution in [1.82, 2.24) is 15.2 Å². The Hall–Kier alpha value is -4.70. The molecule has 0 bridgehead atoms. The van der Waals surface area contributed by atoms with Gasteiger partial charge in [-0.15, -0.1) is 0 Å². The average molecular weight is 672 g/mol. The second-order valence-electron chi connectivity index (χ2n) is 13.1. The zero-order valence-corrected chi connectivity index (χ0v) is 28.7. The number of pyridine rings is 1. The van der Waals surface area contributed by atoms with E-state index >= 15 is 0 Å². The van der Waals surface area contributed by atoms with E-state index < -0.39 is 12.4 Å². The molecule has 1 fully saturated rings. The van der Waals surface area contributed by atoms with Gasteiger partial charge < -0.3 is 25.0 Å². The zero-order valence-electron chi connectivity index (χ0n) is 28.7. The molecule has 1 aromatic heterocycles. The van der Waals surface area contributed by atoms with Crippen molar-refractivity contribution in [2.24, 2.45) is 5.92 Å². The zero-order chi connectivity index (χ0) is 35.0. The van der Waals surface area contributed by atoms with Crippen LogP contribution in [0.1, 0.15) is 70.5 Å². The number of carbonyl (C=O) groups excluding carboxylic acids is 1. The van der Waals surface area contributed by atoms with Gasteiger partial charge in [0.05, 0.1) is 30.5 Å². The van der Waals surface area contributed by atoms with Crippen LogP contribution < -0.4 is 5.32 Å². The molecule has 0 spiro atoms. The molecule has 258 valence electrons. The van der Waals surface area contributed by atoms with E-state index in [1.165, 1.54) is 0 Å². The second-order valence-corrected chi connectivity index (χ2v) is 13.1. The van der Waals surface area contributed by atoms with E-state index in [2.05, 4.69) is 40.3 Å². The number of rotatable bonds is 12. The summed E-state index contributed by atoms with van der Waals surface area (Å²) in [6, 6.07) is 37.2. The molecule has 2 heterocycles. The number of aliphatic hydroxyl groups is 2. The molecule has 50 heavy (non-hydrogen) atoms. The number of carbonyl (C=O) groups is 1. The first kappa shape index (κ1) is 35.1. The quantitative estimate of drug-likeness (QED) is 0.131. The summed E-state index contributed by atoms with van der Waals surface area (Å²) in [7, 11) is 2.02. The highest BCUT2D eigenvalue weighted by Gasteiger charge is 2.39. The summed E-state index contributed by atoms with van der Waals surface area (Å²) in [6.45, 7) is 5.12. The fraction of sp³-hybridized carbons (Fsp3) is 0.286. The van der Waals surface area contributed by atoms with Crippen LogP contribution in [0, 0.1) is 5.92 Å². The van der Waals surface area contributed by atoms with Crippen molar-refractivity contribution in [1.29, 1.82) is 0 Å². The Bertz CT molecular complexity index is 1820. The first-order valence-corrected chi connectivity index (χ1v) is 17.1. The lowest BCUT2D eigenvalue weighted by Gasteiger charge is -2.43. The lowest BCUT2D eigenvalue weighted by Crippen LogP contribution is -2.46. The molecule has 1 amide bonds. The summed E-state index contributed by atoms with van der Waals surface area (Å²) in [5, 5.41) is 23.8. The highest BCUT2D eigenvalue weighted by atomic mass is 16.7. The summed E-state index contributed by atoms with van der Waals surface area (Å²) in [5.41, 5.74) is 7.19. The molecule has 0 radical (unpaired) electrons. The lowest BCUT2D eigenvalue weighted by atomic mass is 9.89. The van der Waals surface area contributed by atoms with Gasteiger partial charge in [-0.3, -0.25) is 14.7 Å². The largest absolute Gasteiger partial charge is 0.392 e. The average Bonchev–Trinajstić information content (AvgIpc) is 3.18. The van der Waals surface area contributed by atoms with Gasteiger partial charge in [-0.25, -0.2) is 0 Å².